The van der Waals surface area contributed by atoms with Crippen LogP contribution in [-0.2, 0) is 0 Å². The van der Waals surface area contributed by atoms with Crippen LogP contribution in [0.2, 0.25) is 5.02 Å². The van der Waals surface area contributed by atoms with E-state index < -0.39 is 24.9 Å². The molecule has 0 radical (unpaired) electrons. The van der Waals surface area contributed by atoms with E-state index in [-0.39, 0.29) is 22.0 Å². The lowest BCUT2D eigenvalue weighted by Gasteiger charge is -2.38. The molecule has 2 heterocycles. The highest BCUT2D eigenvalue weighted by Crippen LogP contribution is 2.30. The molecule has 1 saturated heterocycles. The second-order valence-electron chi connectivity index (χ2n) is 4.08. The lowest BCUT2D eigenvalue weighted by Crippen LogP contribution is -2.58. The first kappa shape index (κ1) is 12.7. The minimum absolute atomic E-state index is 0.0549. The molecular weight excluding hydrogens is 264 g/mol. The topological polar surface area (TPSA) is 57.0 Å². The van der Waals surface area contributed by atoms with Crippen molar-refractivity contribution in [1.29, 1.82) is 5.26 Å². The summed E-state index contributed by atoms with van der Waals surface area (Å²) >= 11 is 5.88. The number of likely N-dealkylation sites (tertiary alicyclic amines) is 1. The standard InChI is InChI=1S/C11H8ClF2N3O/c1-6-9(8(12)2-7(3-15)16-6)10(18)17-4-11(13,14)5-17/h2H,4-5H2,1H3. The van der Waals surface area contributed by atoms with Crippen LogP contribution in [0.5, 0.6) is 0 Å². The van der Waals surface area contributed by atoms with Crippen LogP contribution in [0.25, 0.3) is 0 Å². The summed E-state index contributed by atoms with van der Waals surface area (Å²) in [7, 11) is 0. The van der Waals surface area contributed by atoms with Gasteiger partial charge in [-0.25, -0.2) is 13.8 Å². The zero-order chi connectivity index (χ0) is 13.5. The van der Waals surface area contributed by atoms with Crippen LogP contribution in [0.3, 0.4) is 0 Å². The molecular formula is C11H8ClF2N3O. The van der Waals surface area contributed by atoms with Crippen molar-refractivity contribution in [3.8, 4) is 6.07 Å². The van der Waals surface area contributed by atoms with Gasteiger partial charge in [-0.05, 0) is 13.0 Å². The number of carbonyl (C=O) groups is 1. The van der Waals surface area contributed by atoms with Crippen molar-refractivity contribution < 1.29 is 13.6 Å². The zero-order valence-corrected chi connectivity index (χ0v) is 10.1. The fourth-order valence-electron chi connectivity index (χ4n) is 1.76. The molecule has 0 spiro atoms. The van der Waals surface area contributed by atoms with Gasteiger partial charge in [0.2, 0.25) is 0 Å². The number of nitrogens with zero attached hydrogens (tertiary/aromatic N) is 3. The smallest absolute Gasteiger partial charge is 0.282 e. The van der Waals surface area contributed by atoms with Gasteiger partial charge in [-0.2, -0.15) is 5.26 Å². The van der Waals surface area contributed by atoms with Gasteiger partial charge < -0.3 is 4.90 Å². The molecule has 0 unspecified atom stereocenters. The Hall–Kier alpha value is -1.74. The predicted octanol–water partition coefficient (Wildman–Crippen LogP) is 2.01. The highest BCUT2D eigenvalue weighted by atomic mass is 35.5. The van der Waals surface area contributed by atoms with E-state index in [1.807, 2.05) is 0 Å². The molecule has 4 nitrogen and oxygen atoms in total. The summed E-state index contributed by atoms with van der Waals surface area (Å²) in [5.74, 6) is -3.41. The number of nitriles is 1. The van der Waals surface area contributed by atoms with Crippen LogP contribution in [0, 0.1) is 18.3 Å². The highest BCUT2D eigenvalue weighted by Gasteiger charge is 2.47. The van der Waals surface area contributed by atoms with Crippen molar-refractivity contribution in [2.75, 3.05) is 13.1 Å². The summed E-state index contributed by atoms with van der Waals surface area (Å²) in [6.07, 6.45) is 0. The van der Waals surface area contributed by atoms with Crippen LogP contribution in [-0.4, -0.2) is 34.8 Å². The van der Waals surface area contributed by atoms with Crippen LogP contribution >= 0.6 is 11.6 Å². The normalized spacial score (nSPS) is 16.9. The van der Waals surface area contributed by atoms with Gasteiger partial charge in [0.25, 0.3) is 11.8 Å². The number of aromatic nitrogens is 1. The molecule has 1 aromatic heterocycles. The van der Waals surface area contributed by atoms with Gasteiger partial charge in [0.1, 0.15) is 11.8 Å². The van der Waals surface area contributed by atoms with Gasteiger partial charge in [0.15, 0.2) is 0 Å². The second kappa shape index (κ2) is 4.18. The monoisotopic (exact) mass is 271 g/mol. The van der Waals surface area contributed by atoms with E-state index in [0.29, 0.717) is 0 Å². The van der Waals surface area contributed by atoms with E-state index in [9.17, 15) is 13.6 Å². The molecule has 7 heteroatoms. The van der Waals surface area contributed by atoms with Crippen molar-refractivity contribution in [1.82, 2.24) is 9.88 Å². The number of rotatable bonds is 1. The lowest BCUT2D eigenvalue weighted by molar-refractivity contribution is -0.113. The quantitative estimate of drug-likeness (QED) is 0.785. The highest BCUT2D eigenvalue weighted by molar-refractivity contribution is 6.34. The van der Waals surface area contributed by atoms with Crippen LogP contribution < -0.4 is 0 Å². The minimum atomic E-state index is -2.82. The molecule has 2 rings (SSSR count). The summed E-state index contributed by atoms with van der Waals surface area (Å²) in [6, 6.07) is 3.05. The van der Waals surface area contributed by atoms with Crippen molar-refractivity contribution in [2.24, 2.45) is 0 Å². The summed E-state index contributed by atoms with van der Waals surface area (Å²) in [6.45, 7) is 0.293. The molecule has 1 aromatic rings. The van der Waals surface area contributed by atoms with Crippen LogP contribution in [0.4, 0.5) is 8.78 Å². The Morgan fingerprint density at radius 1 is 1.61 bits per heavy atom. The van der Waals surface area contributed by atoms with Crippen molar-refractivity contribution in [2.45, 2.75) is 12.8 Å². The third kappa shape index (κ3) is 2.14. The largest absolute Gasteiger partial charge is 0.326 e. The molecule has 94 valence electrons. The van der Waals surface area contributed by atoms with Gasteiger partial charge in [0.05, 0.1) is 29.4 Å². The molecule has 1 fully saturated rings. The Balaban J connectivity index is 2.30. The maximum absolute atomic E-state index is 12.7. The average molecular weight is 272 g/mol. The number of hydrogen-bond acceptors (Lipinski definition) is 3. The number of carbonyl (C=O) groups excluding carboxylic acids is 1. The van der Waals surface area contributed by atoms with Gasteiger partial charge in [-0.15, -0.1) is 0 Å². The SMILES string of the molecule is Cc1nc(C#N)cc(Cl)c1C(=O)N1CC(F)(F)C1. The Kier molecular flexibility index (Phi) is 2.95. The zero-order valence-electron chi connectivity index (χ0n) is 9.38. The van der Waals surface area contributed by atoms with Crippen molar-refractivity contribution in [3.05, 3.63) is 28.0 Å². The molecule has 0 saturated carbocycles. The summed E-state index contributed by atoms with van der Waals surface area (Å²) in [4.78, 5) is 16.8. The Morgan fingerprint density at radius 2 is 2.22 bits per heavy atom. The first-order valence-corrected chi connectivity index (χ1v) is 5.46. The van der Waals surface area contributed by atoms with E-state index in [2.05, 4.69) is 4.98 Å². The Labute approximate surface area is 107 Å². The van der Waals surface area contributed by atoms with E-state index in [1.54, 1.807) is 6.07 Å². The number of alkyl halides is 2. The Morgan fingerprint density at radius 3 is 2.67 bits per heavy atom. The minimum Gasteiger partial charge on any atom is -0.326 e. The number of pyridine rings is 1. The molecule has 0 N–H and O–H groups in total. The van der Waals surface area contributed by atoms with Crippen molar-refractivity contribution >= 4 is 17.5 Å². The third-order valence-corrected chi connectivity index (χ3v) is 2.91. The first-order chi connectivity index (χ1) is 8.34. The molecule has 1 amide bonds. The van der Waals surface area contributed by atoms with E-state index in [4.69, 9.17) is 16.9 Å². The number of hydrogen-bond donors (Lipinski definition) is 0. The van der Waals surface area contributed by atoms with E-state index >= 15 is 0 Å². The van der Waals surface area contributed by atoms with Gasteiger partial charge in [-0.3, -0.25) is 4.79 Å². The van der Waals surface area contributed by atoms with Gasteiger partial charge in [0, 0.05) is 0 Å². The molecule has 18 heavy (non-hydrogen) atoms. The maximum Gasteiger partial charge on any atom is 0.282 e. The number of amides is 1. The van der Waals surface area contributed by atoms with Gasteiger partial charge in [-0.1, -0.05) is 11.6 Å². The van der Waals surface area contributed by atoms with Crippen molar-refractivity contribution in [3.63, 3.8) is 0 Å². The van der Waals surface area contributed by atoms with E-state index in [0.717, 1.165) is 4.90 Å². The summed E-state index contributed by atoms with van der Waals surface area (Å²) in [5, 5.41) is 8.74. The van der Waals surface area contributed by atoms with Crippen LogP contribution in [0.1, 0.15) is 21.7 Å². The maximum atomic E-state index is 12.7. The Bertz CT molecular complexity index is 537. The van der Waals surface area contributed by atoms with E-state index in [1.165, 1.54) is 13.0 Å². The predicted molar refractivity (Wildman–Crippen MR) is 59.5 cm³/mol. The van der Waals surface area contributed by atoms with Crippen LogP contribution in [0.15, 0.2) is 6.07 Å². The lowest BCUT2D eigenvalue weighted by atomic mass is 10.1. The van der Waals surface area contributed by atoms with Gasteiger partial charge >= 0.3 is 0 Å². The molecule has 1 aliphatic heterocycles. The first-order valence-electron chi connectivity index (χ1n) is 5.08. The molecule has 0 aliphatic carbocycles. The number of aryl methyl sites for hydroxylation is 1. The summed E-state index contributed by atoms with van der Waals surface area (Å²) in [5.41, 5.74) is 0.424. The molecule has 0 bridgehead atoms. The summed E-state index contributed by atoms with van der Waals surface area (Å²) < 4.78 is 25.4. The molecule has 1 aliphatic rings. The molecule has 0 aromatic carbocycles. The third-order valence-electron chi connectivity index (χ3n) is 2.61. The number of halogens is 3. The second-order valence-corrected chi connectivity index (χ2v) is 4.49. The average Bonchev–Trinajstić information content (AvgIpc) is 2.24. The fourth-order valence-corrected chi connectivity index (χ4v) is 2.08. The molecule has 0 atom stereocenters. The fraction of sp³-hybridized carbons (Fsp3) is 0.364.